The maximum atomic E-state index is 12.9. The first-order chi connectivity index (χ1) is 15.5. The third-order valence-electron chi connectivity index (χ3n) is 5.45. The lowest BCUT2D eigenvalue weighted by Crippen LogP contribution is -2.43. The lowest BCUT2D eigenvalue weighted by molar-refractivity contribution is -0.147. The number of sulfone groups is 1. The number of hydrogen-bond donors (Lipinski definition) is 3. The second-order valence-corrected chi connectivity index (χ2v) is 10.0. The van der Waals surface area contributed by atoms with E-state index in [4.69, 9.17) is 11.1 Å². The number of likely N-dealkylation sites (tertiary alicyclic amines) is 1. The monoisotopic (exact) mass is 483 g/mol. The highest BCUT2D eigenvalue weighted by Gasteiger charge is 2.36. The molecule has 1 aromatic heterocycles. The standard InChI is InChI=1S/C21H24F3N5O3S/c22-21(23,24)13-29-7-5-18(6-8-29)33(31,32)17-3-1-14(2-4-17)11-28-20(30)16-9-15(10-25)19(26)27-12-16/h1-4,9-10,12,18,25H,5-8,11,13H2,(H2,26,27)(H,28,30). The van der Waals surface area contributed by atoms with E-state index in [0.29, 0.717) is 11.1 Å². The molecule has 2 heterocycles. The molecule has 1 saturated heterocycles. The zero-order valence-corrected chi connectivity index (χ0v) is 18.4. The van der Waals surface area contributed by atoms with Gasteiger partial charge in [0, 0.05) is 24.5 Å². The third kappa shape index (κ3) is 6.29. The molecule has 0 saturated carbocycles. The van der Waals surface area contributed by atoms with E-state index < -0.39 is 33.7 Å². The number of rotatable bonds is 7. The molecule has 0 unspecified atom stereocenters. The van der Waals surface area contributed by atoms with Gasteiger partial charge in [0.1, 0.15) is 5.82 Å². The zero-order chi connectivity index (χ0) is 24.2. The van der Waals surface area contributed by atoms with Gasteiger partial charge in [-0.1, -0.05) is 12.1 Å². The predicted molar refractivity (Wildman–Crippen MR) is 117 cm³/mol. The molecule has 1 fully saturated rings. The Hall–Kier alpha value is -2.99. The number of alkyl halides is 3. The molecule has 33 heavy (non-hydrogen) atoms. The summed E-state index contributed by atoms with van der Waals surface area (Å²) in [5.41, 5.74) is 6.83. The van der Waals surface area contributed by atoms with Gasteiger partial charge in [-0.2, -0.15) is 13.2 Å². The van der Waals surface area contributed by atoms with Crippen molar-refractivity contribution in [3.05, 3.63) is 53.2 Å². The van der Waals surface area contributed by atoms with E-state index in [9.17, 15) is 26.4 Å². The molecule has 178 valence electrons. The summed E-state index contributed by atoms with van der Waals surface area (Å²) in [7, 11) is -3.67. The summed E-state index contributed by atoms with van der Waals surface area (Å²) in [6.45, 7) is -0.741. The van der Waals surface area contributed by atoms with Crippen LogP contribution in [0.25, 0.3) is 0 Å². The van der Waals surface area contributed by atoms with Gasteiger partial charge >= 0.3 is 6.18 Å². The number of halogens is 3. The first-order valence-electron chi connectivity index (χ1n) is 10.2. The summed E-state index contributed by atoms with van der Waals surface area (Å²) < 4.78 is 63.4. The highest BCUT2D eigenvalue weighted by Crippen LogP contribution is 2.27. The summed E-state index contributed by atoms with van der Waals surface area (Å²) in [6, 6.07) is 7.49. The number of aromatic nitrogens is 1. The lowest BCUT2D eigenvalue weighted by Gasteiger charge is -2.32. The van der Waals surface area contributed by atoms with Crippen molar-refractivity contribution in [3.8, 4) is 0 Å². The molecular formula is C21H24F3N5O3S. The molecule has 1 aliphatic rings. The molecule has 8 nitrogen and oxygen atoms in total. The Morgan fingerprint density at radius 2 is 1.88 bits per heavy atom. The number of piperidine rings is 1. The molecule has 0 aliphatic carbocycles. The Morgan fingerprint density at radius 1 is 1.24 bits per heavy atom. The average Bonchev–Trinajstić information content (AvgIpc) is 2.77. The normalized spacial score (nSPS) is 15.8. The largest absolute Gasteiger partial charge is 0.401 e. The minimum atomic E-state index is -4.30. The molecule has 0 atom stereocenters. The molecule has 0 spiro atoms. The quantitative estimate of drug-likeness (QED) is 0.519. The fraction of sp³-hybridized carbons (Fsp3) is 0.381. The van der Waals surface area contributed by atoms with Crippen molar-refractivity contribution in [2.24, 2.45) is 0 Å². The van der Waals surface area contributed by atoms with Crippen LogP contribution in [0.15, 0.2) is 41.4 Å². The lowest BCUT2D eigenvalue weighted by atomic mass is 10.1. The molecule has 2 aromatic rings. The highest BCUT2D eigenvalue weighted by molar-refractivity contribution is 7.92. The van der Waals surface area contributed by atoms with E-state index in [1.54, 1.807) is 12.1 Å². The van der Waals surface area contributed by atoms with Crippen LogP contribution in [0.3, 0.4) is 0 Å². The van der Waals surface area contributed by atoms with Crippen LogP contribution in [0.2, 0.25) is 0 Å². The summed E-state index contributed by atoms with van der Waals surface area (Å²) in [4.78, 5) is 17.5. The molecule has 0 bridgehead atoms. The first-order valence-corrected chi connectivity index (χ1v) is 11.7. The van der Waals surface area contributed by atoms with Gasteiger partial charge in [-0.25, -0.2) is 13.4 Å². The van der Waals surface area contributed by atoms with Crippen molar-refractivity contribution in [1.29, 1.82) is 5.41 Å². The van der Waals surface area contributed by atoms with Gasteiger partial charge in [-0.3, -0.25) is 9.69 Å². The fourth-order valence-electron chi connectivity index (χ4n) is 3.64. The number of nitrogens with zero attached hydrogens (tertiary/aromatic N) is 2. The molecule has 12 heteroatoms. The van der Waals surface area contributed by atoms with Crippen LogP contribution in [0.5, 0.6) is 0 Å². The van der Waals surface area contributed by atoms with Gasteiger partial charge in [-0.05, 0) is 49.7 Å². The number of hydrogen-bond acceptors (Lipinski definition) is 7. The third-order valence-corrected chi connectivity index (χ3v) is 7.73. The Labute approximate surface area is 189 Å². The van der Waals surface area contributed by atoms with Crippen molar-refractivity contribution in [3.63, 3.8) is 0 Å². The van der Waals surface area contributed by atoms with Crippen molar-refractivity contribution in [2.75, 3.05) is 25.4 Å². The topological polar surface area (TPSA) is 129 Å². The summed E-state index contributed by atoms with van der Waals surface area (Å²) in [6.07, 6.45) is -1.72. The first kappa shape index (κ1) is 24.6. The number of pyridine rings is 1. The Kier molecular flexibility index (Phi) is 7.38. The van der Waals surface area contributed by atoms with Crippen LogP contribution < -0.4 is 11.1 Å². The summed E-state index contributed by atoms with van der Waals surface area (Å²) >= 11 is 0. The zero-order valence-electron chi connectivity index (χ0n) is 17.6. The van der Waals surface area contributed by atoms with Crippen LogP contribution in [-0.4, -0.2) is 61.5 Å². The van der Waals surface area contributed by atoms with Crippen molar-refractivity contribution < 1.29 is 26.4 Å². The highest BCUT2D eigenvalue weighted by atomic mass is 32.2. The van der Waals surface area contributed by atoms with E-state index >= 15 is 0 Å². The number of nitrogens with two attached hydrogens (primary N) is 1. The van der Waals surface area contributed by atoms with Crippen LogP contribution in [-0.2, 0) is 16.4 Å². The van der Waals surface area contributed by atoms with E-state index in [1.165, 1.54) is 29.3 Å². The average molecular weight is 484 g/mol. The molecule has 3 rings (SSSR count). The number of nitrogen functional groups attached to an aromatic ring is 1. The maximum absolute atomic E-state index is 12.9. The van der Waals surface area contributed by atoms with Gasteiger partial charge in [-0.15, -0.1) is 0 Å². The second-order valence-electron chi connectivity index (χ2n) is 7.81. The number of benzene rings is 1. The molecule has 4 N–H and O–H groups in total. The molecule has 1 aromatic carbocycles. The predicted octanol–water partition coefficient (Wildman–Crippen LogP) is 2.39. The minimum Gasteiger partial charge on any atom is -0.383 e. The Morgan fingerprint density at radius 3 is 2.45 bits per heavy atom. The van der Waals surface area contributed by atoms with E-state index in [2.05, 4.69) is 10.3 Å². The molecule has 1 amide bonds. The van der Waals surface area contributed by atoms with Gasteiger partial charge in [0.15, 0.2) is 9.84 Å². The number of amides is 1. The van der Waals surface area contributed by atoms with E-state index in [0.717, 1.165) is 6.21 Å². The van der Waals surface area contributed by atoms with Crippen molar-refractivity contribution in [1.82, 2.24) is 15.2 Å². The van der Waals surface area contributed by atoms with Crippen molar-refractivity contribution >= 4 is 27.8 Å². The molecule has 0 radical (unpaired) electrons. The van der Waals surface area contributed by atoms with Gasteiger partial charge in [0.25, 0.3) is 5.91 Å². The van der Waals surface area contributed by atoms with Crippen LogP contribution in [0.1, 0.15) is 34.3 Å². The molecule has 1 aliphatic heterocycles. The SMILES string of the molecule is N=Cc1cc(C(=O)NCc2ccc(S(=O)(=O)C3CCN(CC(F)(F)F)CC3)cc2)cnc1N. The van der Waals surface area contributed by atoms with Crippen LogP contribution in [0, 0.1) is 5.41 Å². The Bertz CT molecular complexity index is 1110. The smallest absolute Gasteiger partial charge is 0.383 e. The van der Waals surface area contributed by atoms with Crippen LogP contribution in [0.4, 0.5) is 19.0 Å². The van der Waals surface area contributed by atoms with Crippen molar-refractivity contribution in [2.45, 2.75) is 35.7 Å². The number of anilines is 1. The second kappa shape index (κ2) is 9.87. The molecular weight excluding hydrogens is 459 g/mol. The number of nitrogens with one attached hydrogen (secondary N) is 2. The fourth-order valence-corrected chi connectivity index (χ4v) is 5.37. The summed E-state index contributed by atoms with van der Waals surface area (Å²) in [5, 5.41) is 9.24. The maximum Gasteiger partial charge on any atom is 0.401 e. The van der Waals surface area contributed by atoms with E-state index in [1.807, 2.05) is 0 Å². The minimum absolute atomic E-state index is 0.0766. The number of carbonyl (C=O) groups excluding carboxylic acids is 1. The van der Waals surface area contributed by atoms with Gasteiger partial charge in [0.2, 0.25) is 0 Å². The van der Waals surface area contributed by atoms with Gasteiger partial charge in [0.05, 0.1) is 22.3 Å². The van der Waals surface area contributed by atoms with Gasteiger partial charge < -0.3 is 16.5 Å². The Balaban J connectivity index is 1.58. The number of carbonyl (C=O) groups is 1. The van der Waals surface area contributed by atoms with Crippen LogP contribution >= 0.6 is 0 Å². The summed E-state index contributed by atoms with van der Waals surface area (Å²) in [5.74, 6) is -0.280. The van der Waals surface area contributed by atoms with E-state index in [-0.39, 0.29) is 48.8 Å².